The molecule has 0 saturated heterocycles. The van der Waals surface area contributed by atoms with Crippen molar-refractivity contribution in [1.82, 2.24) is 10.3 Å². The minimum Gasteiger partial charge on any atom is -0.467 e. The van der Waals surface area contributed by atoms with Crippen LogP contribution >= 0.6 is 0 Å². The van der Waals surface area contributed by atoms with E-state index in [0.717, 1.165) is 33.3 Å². The molecule has 0 atom stereocenters. The van der Waals surface area contributed by atoms with E-state index in [1.165, 1.54) is 0 Å². The Morgan fingerprint density at radius 2 is 2.00 bits per heavy atom. The first kappa shape index (κ1) is 18.3. The lowest BCUT2D eigenvalue weighted by atomic mass is 10.0. The van der Waals surface area contributed by atoms with Crippen LogP contribution in [0.25, 0.3) is 28.2 Å². The SMILES string of the molecule is Cc1ccc2[nH]c(-c3ccccc3)c(/C=C(/C#N)C(=O)NCc3ccco3)c2c1. The van der Waals surface area contributed by atoms with E-state index in [-0.39, 0.29) is 12.1 Å². The van der Waals surface area contributed by atoms with Crippen molar-refractivity contribution in [1.29, 1.82) is 5.26 Å². The fraction of sp³-hybridized carbons (Fsp3) is 0.0833. The van der Waals surface area contributed by atoms with Gasteiger partial charge in [0.05, 0.1) is 18.5 Å². The number of aromatic amines is 1. The summed E-state index contributed by atoms with van der Waals surface area (Å²) < 4.78 is 5.23. The highest BCUT2D eigenvalue weighted by molar-refractivity contribution is 6.06. The summed E-state index contributed by atoms with van der Waals surface area (Å²) in [5.41, 5.74) is 4.77. The van der Waals surface area contributed by atoms with Gasteiger partial charge in [-0.2, -0.15) is 5.26 Å². The van der Waals surface area contributed by atoms with Crippen LogP contribution in [-0.4, -0.2) is 10.9 Å². The van der Waals surface area contributed by atoms with Crippen LogP contribution in [0.3, 0.4) is 0 Å². The second kappa shape index (κ2) is 7.91. The molecule has 5 heteroatoms. The molecule has 0 aliphatic heterocycles. The van der Waals surface area contributed by atoms with Crippen LogP contribution in [0.1, 0.15) is 16.9 Å². The van der Waals surface area contributed by atoms with Crippen molar-refractivity contribution >= 4 is 22.9 Å². The molecule has 4 rings (SSSR count). The maximum absolute atomic E-state index is 12.6. The van der Waals surface area contributed by atoms with E-state index in [9.17, 15) is 10.1 Å². The number of carbonyl (C=O) groups is 1. The Bertz CT molecular complexity index is 1230. The first-order chi connectivity index (χ1) is 14.2. The first-order valence-electron chi connectivity index (χ1n) is 9.26. The molecule has 0 fully saturated rings. The van der Waals surface area contributed by atoms with Gasteiger partial charge in [0.15, 0.2) is 0 Å². The van der Waals surface area contributed by atoms with Gasteiger partial charge in [0.25, 0.3) is 5.91 Å². The molecular formula is C24H19N3O2. The summed E-state index contributed by atoms with van der Waals surface area (Å²) in [6.07, 6.45) is 3.20. The summed E-state index contributed by atoms with van der Waals surface area (Å²) in [6, 6.07) is 21.5. The Hall–Kier alpha value is -4.04. The largest absolute Gasteiger partial charge is 0.467 e. The molecule has 142 valence electrons. The van der Waals surface area contributed by atoms with Crippen LogP contribution in [0.5, 0.6) is 0 Å². The van der Waals surface area contributed by atoms with Crippen LogP contribution in [0.4, 0.5) is 0 Å². The lowest BCUT2D eigenvalue weighted by Crippen LogP contribution is -2.23. The fourth-order valence-corrected chi connectivity index (χ4v) is 3.28. The van der Waals surface area contributed by atoms with E-state index >= 15 is 0 Å². The van der Waals surface area contributed by atoms with Gasteiger partial charge >= 0.3 is 0 Å². The van der Waals surface area contributed by atoms with Crippen LogP contribution in [0.2, 0.25) is 0 Å². The summed E-state index contributed by atoms with van der Waals surface area (Å²) in [4.78, 5) is 16.0. The zero-order chi connectivity index (χ0) is 20.2. The third-order valence-corrected chi connectivity index (χ3v) is 4.71. The number of furan rings is 1. The van der Waals surface area contributed by atoms with Crippen LogP contribution in [0, 0.1) is 18.3 Å². The molecular weight excluding hydrogens is 362 g/mol. The van der Waals surface area contributed by atoms with Gasteiger partial charge in [-0.25, -0.2) is 0 Å². The normalized spacial score (nSPS) is 11.4. The first-order valence-corrected chi connectivity index (χ1v) is 9.26. The highest BCUT2D eigenvalue weighted by Crippen LogP contribution is 2.32. The van der Waals surface area contributed by atoms with Crippen molar-refractivity contribution in [3.63, 3.8) is 0 Å². The average Bonchev–Trinajstić information content (AvgIpc) is 3.38. The van der Waals surface area contributed by atoms with Gasteiger partial charge in [0.1, 0.15) is 17.4 Å². The van der Waals surface area contributed by atoms with E-state index in [2.05, 4.69) is 16.4 Å². The molecule has 2 N–H and O–H groups in total. The number of nitrogens with one attached hydrogen (secondary N) is 2. The third kappa shape index (κ3) is 3.83. The molecule has 0 aliphatic carbocycles. The lowest BCUT2D eigenvalue weighted by Gasteiger charge is -2.04. The summed E-state index contributed by atoms with van der Waals surface area (Å²) in [5, 5.41) is 13.3. The average molecular weight is 381 g/mol. The molecule has 5 nitrogen and oxygen atoms in total. The summed E-state index contributed by atoms with van der Waals surface area (Å²) in [5.74, 6) is 0.188. The molecule has 0 unspecified atom stereocenters. The number of nitriles is 1. The Kier molecular flexibility index (Phi) is 5.00. The zero-order valence-corrected chi connectivity index (χ0v) is 15.9. The maximum atomic E-state index is 12.6. The number of aryl methyl sites for hydroxylation is 1. The van der Waals surface area contributed by atoms with Crippen LogP contribution < -0.4 is 5.32 Å². The second-order valence-electron chi connectivity index (χ2n) is 6.76. The number of fused-ring (bicyclic) bond motifs is 1. The number of aromatic nitrogens is 1. The van der Waals surface area contributed by atoms with Crippen LogP contribution in [-0.2, 0) is 11.3 Å². The van der Waals surface area contributed by atoms with E-state index in [1.807, 2.05) is 55.5 Å². The van der Waals surface area contributed by atoms with Crippen molar-refractivity contribution in [2.45, 2.75) is 13.5 Å². The van der Waals surface area contributed by atoms with Gasteiger partial charge in [0.2, 0.25) is 0 Å². The molecule has 4 aromatic rings. The summed E-state index contributed by atoms with van der Waals surface area (Å²) >= 11 is 0. The van der Waals surface area contributed by atoms with Gasteiger partial charge in [-0.1, -0.05) is 42.0 Å². The molecule has 0 bridgehead atoms. The molecule has 0 saturated carbocycles. The standard InChI is InChI=1S/C24H19N3O2/c1-16-9-10-22-20(12-16)21(23(27-22)17-6-3-2-4-7-17)13-18(14-25)24(28)26-15-19-8-5-11-29-19/h2-13,27H,15H2,1H3,(H,26,28)/b18-13-. The molecule has 29 heavy (non-hydrogen) atoms. The smallest absolute Gasteiger partial charge is 0.262 e. The monoisotopic (exact) mass is 381 g/mol. The van der Waals surface area contributed by atoms with Crippen molar-refractivity contribution in [2.24, 2.45) is 0 Å². The molecule has 0 aliphatic rings. The van der Waals surface area contributed by atoms with E-state index < -0.39 is 5.91 Å². The highest BCUT2D eigenvalue weighted by atomic mass is 16.3. The Labute approximate surface area is 168 Å². The van der Waals surface area contributed by atoms with Crippen LogP contribution in [0.15, 0.2) is 76.9 Å². The van der Waals surface area contributed by atoms with Gasteiger partial charge in [-0.15, -0.1) is 0 Å². The predicted molar refractivity (Wildman–Crippen MR) is 113 cm³/mol. The number of benzene rings is 2. The number of carbonyl (C=O) groups excluding carboxylic acids is 1. The highest BCUT2D eigenvalue weighted by Gasteiger charge is 2.16. The minimum atomic E-state index is -0.440. The molecule has 0 spiro atoms. The van der Waals surface area contributed by atoms with E-state index in [1.54, 1.807) is 24.5 Å². The predicted octanol–water partition coefficient (Wildman–Crippen LogP) is 4.96. The Morgan fingerprint density at radius 1 is 1.17 bits per heavy atom. The van der Waals surface area contributed by atoms with E-state index in [0.29, 0.717) is 5.76 Å². The number of H-pyrrole nitrogens is 1. The number of hydrogen-bond acceptors (Lipinski definition) is 3. The third-order valence-electron chi connectivity index (χ3n) is 4.71. The van der Waals surface area contributed by atoms with Crippen molar-refractivity contribution < 1.29 is 9.21 Å². The maximum Gasteiger partial charge on any atom is 0.262 e. The summed E-state index contributed by atoms with van der Waals surface area (Å²) in [6.45, 7) is 2.24. The van der Waals surface area contributed by atoms with Crippen molar-refractivity contribution in [2.75, 3.05) is 0 Å². The van der Waals surface area contributed by atoms with Gasteiger partial charge in [0, 0.05) is 16.5 Å². The molecule has 2 aromatic heterocycles. The van der Waals surface area contributed by atoms with Gasteiger partial charge in [-0.3, -0.25) is 4.79 Å². The van der Waals surface area contributed by atoms with Gasteiger partial charge < -0.3 is 14.7 Å². The minimum absolute atomic E-state index is 0.0381. The molecule has 1 amide bonds. The van der Waals surface area contributed by atoms with E-state index in [4.69, 9.17) is 4.42 Å². The number of nitrogens with zero attached hydrogens (tertiary/aromatic N) is 1. The molecule has 0 radical (unpaired) electrons. The molecule has 2 aromatic carbocycles. The number of amides is 1. The lowest BCUT2D eigenvalue weighted by molar-refractivity contribution is -0.117. The second-order valence-corrected chi connectivity index (χ2v) is 6.76. The quantitative estimate of drug-likeness (QED) is 0.379. The van der Waals surface area contributed by atoms with Crippen molar-refractivity contribution in [3.8, 4) is 17.3 Å². The fourth-order valence-electron chi connectivity index (χ4n) is 3.28. The number of rotatable bonds is 5. The number of hydrogen-bond donors (Lipinski definition) is 2. The summed E-state index contributed by atoms with van der Waals surface area (Å²) in [7, 11) is 0. The molecule has 2 heterocycles. The van der Waals surface area contributed by atoms with Gasteiger partial charge in [-0.05, 0) is 42.8 Å². The Balaban J connectivity index is 1.77. The topological polar surface area (TPSA) is 81.8 Å². The zero-order valence-electron chi connectivity index (χ0n) is 15.9. The Morgan fingerprint density at radius 3 is 2.72 bits per heavy atom. The van der Waals surface area contributed by atoms with Crippen molar-refractivity contribution in [3.05, 3.63) is 89.4 Å².